The standard InChI is InChI=1S/C10H15BN4/c1-2-4-6-9-8(5-3-1)7-12-13-10(9)11-14-15-11/h5,7,9,14-15H,1-4,6H2. The lowest BCUT2D eigenvalue weighted by Gasteiger charge is -2.22. The highest BCUT2D eigenvalue weighted by Crippen LogP contribution is 2.27. The predicted molar refractivity (Wildman–Crippen MR) is 62.6 cm³/mol. The number of rotatable bonds is 1. The van der Waals surface area contributed by atoms with Crippen LogP contribution in [-0.4, -0.2) is 18.8 Å². The molecular formula is C10H15BN4. The minimum atomic E-state index is 0.273. The summed E-state index contributed by atoms with van der Waals surface area (Å²) < 4.78 is 0. The van der Waals surface area contributed by atoms with Gasteiger partial charge < -0.3 is 0 Å². The molecule has 4 nitrogen and oxygen atoms in total. The maximum atomic E-state index is 4.27. The van der Waals surface area contributed by atoms with Crippen LogP contribution in [0.1, 0.15) is 32.1 Å². The number of hydrogen-bond acceptors (Lipinski definition) is 4. The van der Waals surface area contributed by atoms with Gasteiger partial charge in [-0.3, -0.25) is 10.7 Å². The van der Waals surface area contributed by atoms with Crippen LogP contribution in [0.5, 0.6) is 0 Å². The molecule has 3 aliphatic rings. The maximum Gasteiger partial charge on any atom is 0.384 e. The summed E-state index contributed by atoms with van der Waals surface area (Å²) in [5.41, 5.74) is 2.54. The molecule has 5 heteroatoms. The Hall–Kier alpha value is -0.935. The van der Waals surface area contributed by atoms with Crippen LogP contribution in [0, 0.1) is 5.92 Å². The Morgan fingerprint density at radius 3 is 3.07 bits per heavy atom. The average Bonchev–Trinajstić information content (AvgIpc) is 3.01. The normalized spacial score (nSPS) is 29.9. The molecule has 0 aromatic rings. The van der Waals surface area contributed by atoms with E-state index < -0.39 is 0 Å². The van der Waals surface area contributed by atoms with E-state index in [0.29, 0.717) is 5.92 Å². The smallest absolute Gasteiger partial charge is 0.284 e. The summed E-state index contributed by atoms with van der Waals surface area (Å²) in [7, 11) is 0. The van der Waals surface area contributed by atoms with Crippen LogP contribution in [0.4, 0.5) is 0 Å². The molecule has 0 aromatic carbocycles. The van der Waals surface area contributed by atoms with Crippen LogP contribution >= 0.6 is 0 Å². The van der Waals surface area contributed by atoms with Gasteiger partial charge in [-0.15, -0.1) is 0 Å². The molecule has 1 unspecified atom stereocenters. The van der Waals surface area contributed by atoms with Crippen molar-refractivity contribution in [3.8, 4) is 0 Å². The molecule has 1 fully saturated rings. The Bertz CT molecular complexity index is 343. The molecule has 78 valence electrons. The van der Waals surface area contributed by atoms with Crippen LogP contribution in [0.2, 0.25) is 0 Å². The second-order valence-corrected chi connectivity index (χ2v) is 4.39. The Kier molecular flexibility index (Phi) is 2.42. The fourth-order valence-corrected chi connectivity index (χ4v) is 2.39. The van der Waals surface area contributed by atoms with E-state index in [9.17, 15) is 0 Å². The van der Waals surface area contributed by atoms with E-state index >= 15 is 0 Å². The Balaban J connectivity index is 1.87. The number of hydrazine groups is 1. The largest absolute Gasteiger partial charge is 0.384 e. The second-order valence-electron chi connectivity index (χ2n) is 4.39. The maximum absolute atomic E-state index is 4.27. The van der Waals surface area contributed by atoms with Crippen LogP contribution in [0.3, 0.4) is 0 Å². The number of allylic oxidation sites excluding steroid dienone is 2. The van der Waals surface area contributed by atoms with Crippen molar-refractivity contribution >= 4 is 18.8 Å². The van der Waals surface area contributed by atoms with Gasteiger partial charge in [0.25, 0.3) is 0 Å². The summed E-state index contributed by atoms with van der Waals surface area (Å²) in [6.45, 7) is 0.273. The quantitative estimate of drug-likeness (QED) is 0.493. The zero-order valence-electron chi connectivity index (χ0n) is 8.74. The van der Waals surface area contributed by atoms with Gasteiger partial charge in [-0.1, -0.05) is 18.9 Å². The second kappa shape index (κ2) is 3.91. The van der Waals surface area contributed by atoms with Crippen molar-refractivity contribution in [2.24, 2.45) is 16.1 Å². The minimum absolute atomic E-state index is 0.273. The summed E-state index contributed by atoms with van der Waals surface area (Å²) in [5, 5.41) is 14.5. The number of nitrogens with one attached hydrogen (secondary N) is 2. The summed E-state index contributed by atoms with van der Waals surface area (Å²) in [6, 6.07) is 0. The van der Waals surface area contributed by atoms with Gasteiger partial charge in [0.15, 0.2) is 0 Å². The summed E-state index contributed by atoms with van der Waals surface area (Å²) in [4.78, 5) is 0. The first-order valence-electron chi connectivity index (χ1n) is 5.77. The van der Waals surface area contributed by atoms with Gasteiger partial charge in [0.2, 0.25) is 0 Å². The number of nitrogens with zero attached hydrogens (tertiary/aromatic N) is 2. The van der Waals surface area contributed by atoms with Gasteiger partial charge in [0.05, 0.1) is 11.8 Å². The third-order valence-electron chi connectivity index (χ3n) is 3.30. The topological polar surface area (TPSA) is 68.6 Å². The summed E-state index contributed by atoms with van der Waals surface area (Å²) >= 11 is 0. The molecule has 2 N–H and O–H groups in total. The lowest BCUT2D eigenvalue weighted by Crippen LogP contribution is -2.30. The van der Waals surface area contributed by atoms with Crippen molar-refractivity contribution in [1.29, 1.82) is 0 Å². The third-order valence-corrected chi connectivity index (χ3v) is 3.30. The molecule has 1 saturated heterocycles. The van der Waals surface area contributed by atoms with Crippen molar-refractivity contribution in [2.45, 2.75) is 32.1 Å². The first-order chi connectivity index (χ1) is 7.45. The van der Waals surface area contributed by atoms with E-state index in [1.165, 1.54) is 43.3 Å². The first-order valence-corrected chi connectivity index (χ1v) is 5.77. The summed E-state index contributed by atoms with van der Waals surface area (Å²) in [6.07, 6.45) is 10.6. The van der Waals surface area contributed by atoms with Crippen molar-refractivity contribution < 1.29 is 0 Å². The predicted octanol–water partition coefficient (Wildman–Crippen LogP) is 1.07. The Morgan fingerprint density at radius 2 is 2.20 bits per heavy atom. The molecule has 0 spiro atoms. The molecule has 1 atom stereocenters. The van der Waals surface area contributed by atoms with Crippen LogP contribution in [0.25, 0.3) is 0 Å². The molecule has 2 heterocycles. The van der Waals surface area contributed by atoms with E-state index in [0.717, 1.165) is 0 Å². The number of fused-ring (bicyclic) bond motifs is 1. The zero-order valence-corrected chi connectivity index (χ0v) is 8.74. The number of hydrogen-bond donors (Lipinski definition) is 2. The molecule has 1 aliphatic carbocycles. The molecule has 0 amide bonds. The van der Waals surface area contributed by atoms with Crippen molar-refractivity contribution in [2.75, 3.05) is 0 Å². The van der Waals surface area contributed by atoms with Gasteiger partial charge in [-0.2, -0.15) is 10.2 Å². The van der Waals surface area contributed by atoms with E-state index in [4.69, 9.17) is 0 Å². The third kappa shape index (κ3) is 1.89. The van der Waals surface area contributed by atoms with Gasteiger partial charge >= 0.3 is 6.98 Å². The Morgan fingerprint density at radius 1 is 1.27 bits per heavy atom. The van der Waals surface area contributed by atoms with Gasteiger partial charge in [-0.25, -0.2) is 0 Å². The lowest BCUT2D eigenvalue weighted by atomic mass is 9.68. The summed E-state index contributed by atoms with van der Waals surface area (Å²) in [5.74, 6) is 0.496. The molecule has 0 saturated carbocycles. The van der Waals surface area contributed by atoms with E-state index in [1.54, 1.807) is 0 Å². The highest BCUT2D eigenvalue weighted by Gasteiger charge is 2.39. The van der Waals surface area contributed by atoms with Crippen LogP contribution < -0.4 is 10.7 Å². The molecule has 15 heavy (non-hydrogen) atoms. The highest BCUT2D eigenvalue weighted by molar-refractivity contribution is 6.93. The first kappa shape index (κ1) is 9.30. The molecule has 0 radical (unpaired) electrons. The monoisotopic (exact) mass is 202 g/mol. The SMILES string of the molecule is C1=NN=C(B2NN2)C2CCCCCC=C12. The minimum Gasteiger partial charge on any atom is -0.284 e. The Labute approximate surface area is 90.0 Å². The van der Waals surface area contributed by atoms with E-state index in [-0.39, 0.29) is 6.98 Å². The van der Waals surface area contributed by atoms with Crippen molar-refractivity contribution in [3.63, 3.8) is 0 Å². The van der Waals surface area contributed by atoms with Crippen LogP contribution in [0.15, 0.2) is 21.9 Å². The molecule has 0 aromatic heterocycles. The molecule has 2 aliphatic heterocycles. The zero-order chi connectivity index (χ0) is 10.1. The fourth-order valence-electron chi connectivity index (χ4n) is 2.39. The van der Waals surface area contributed by atoms with Gasteiger partial charge in [-0.05, 0) is 24.8 Å². The fraction of sp³-hybridized carbons (Fsp3) is 0.600. The van der Waals surface area contributed by atoms with E-state index in [1.807, 2.05) is 6.21 Å². The van der Waals surface area contributed by atoms with Crippen LogP contribution in [-0.2, 0) is 0 Å². The van der Waals surface area contributed by atoms with Crippen molar-refractivity contribution in [3.05, 3.63) is 11.6 Å². The van der Waals surface area contributed by atoms with Crippen molar-refractivity contribution in [1.82, 2.24) is 10.7 Å². The molecular weight excluding hydrogens is 187 g/mol. The van der Waals surface area contributed by atoms with Gasteiger partial charge in [0.1, 0.15) is 0 Å². The van der Waals surface area contributed by atoms with E-state index in [2.05, 4.69) is 27.0 Å². The average molecular weight is 202 g/mol. The molecule has 3 rings (SSSR count). The molecule has 0 bridgehead atoms. The highest BCUT2D eigenvalue weighted by atomic mass is 15.5. The van der Waals surface area contributed by atoms with Gasteiger partial charge in [0, 0.05) is 5.92 Å². The lowest BCUT2D eigenvalue weighted by molar-refractivity contribution is 0.590.